The largest absolute Gasteiger partial charge is 0.481 e. The van der Waals surface area contributed by atoms with E-state index in [1.807, 2.05) is 6.92 Å². The summed E-state index contributed by atoms with van der Waals surface area (Å²) in [5.74, 6) is -1.18. The van der Waals surface area contributed by atoms with E-state index in [1.54, 1.807) is 13.8 Å². The van der Waals surface area contributed by atoms with Crippen LogP contribution in [0.4, 0.5) is 8.78 Å². The van der Waals surface area contributed by atoms with Crippen molar-refractivity contribution in [1.29, 1.82) is 0 Å². The smallest absolute Gasteiger partial charge is 0.341 e. The molecule has 23 heavy (non-hydrogen) atoms. The molecule has 0 atom stereocenters. The highest BCUT2D eigenvalue weighted by Crippen LogP contribution is 2.25. The van der Waals surface area contributed by atoms with Gasteiger partial charge < -0.3 is 14.7 Å². The Kier molecular flexibility index (Phi) is 6.93. The number of nitrogens with zero attached hydrogens (tertiary/aromatic N) is 1. The summed E-state index contributed by atoms with van der Waals surface area (Å²) >= 11 is 0. The summed E-state index contributed by atoms with van der Waals surface area (Å²) in [6.45, 7) is 4.32. The van der Waals surface area contributed by atoms with Gasteiger partial charge in [-0.3, -0.25) is 4.79 Å². The molecule has 7 heteroatoms. The van der Waals surface area contributed by atoms with E-state index in [2.05, 4.69) is 0 Å². The van der Waals surface area contributed by atoms with Crippen LogP contribution in [0.1, 0.15) is 34.8 Å². The van der Waals surface area contributed by atoms with Gasteiger partial charge in [-0.05, 0) is 43.5 Å². The predicted octanol–water partition coefficient (Wildman–Crippen LogP) is 2.88. The van der Waals surface area contributed by atoms with Gasteiger partial charge in [0.2, 0.25) is 0 Å². The Hall–Kier alpha value is -2.18. The van der Waals surface area contributed by atoms with E-state index < -0.39 is 31.5 Å². The molecule has 0 spiro atoms. The van der Waals surface area contributed by atoms with Gasteiger partial charge in [0.05, 0.1) is 6.54 Å². The quantitative estimate of drug-likeness (QED) is 0.796. The van der Waals surface area contributed by atoms with Crippen molar-refractivity contribution in [3.63, 3.8) is 0 Å². The van der Waals surface area contributed by atoms with Crippen molar-refractivity contribution in [1.82, 2.24) is 4.90 Å². The Bertz CT molecular complexity index is 552. The van der Waals surface area contributed by atoms with Crippen molar-refractivity contribution in [3.8, 4) is 5.75 Å². The van der Waals surface area contributed by atoms with Crippen LogP contribution in [0.5, 0.6) is 5.75 Å². The minimum Gasteiger partial charge on any atom is -0.481 e. The minimum atomic E-state index is -2.59. The second kappa shape index (κ2) is 8.45. The maximum absolute atomic E-state index is 12.6. The molecule has 1 rings (SSSR count). The van der Waals surface area contributed by atoms with E-state index in [0.717, 1.165) is 4.90 Å². The molecule has 0 saturated heterocycles. The number of carboxylic acid groups (broad SMARTS) is 1. The van der Waals surface area contributed by atoms with Gasteiger partial charge in [-0.15, -0.1) is 0 Å². The maximum Gasteiger partial charge on any atom is 0.341 e. The molecule has 0 aliphatic rings. The number of alkyl halides is 2. The molecule has 0 fully saturated rings. The molecule has 0 radical (unpaired) electrons. The molecule has 0 aliphatic carbocycles. The fraction of sp³-hybridized carbons (Fsp3) is 0.500. The average molecular weight is 329 g/mol. The summed E-state index contributed by atoms with van der Waals surface area (Å²) in [5.41, 5.74) is 1.46. The monoisotopic (exact) mass is 329 g/mol. The highest BCUT2D eigenvalue weighted by Gasteiger charge is 2.20. The topological polar surface area (TPSA) is 66.8 Å². The van der Waals surface area contributed by atoms with E-state index in [4.69, 9.17) is 9.84 Å². The number of benzene rings is 1. The first-order valence-electron chi connectivity index (χ1n) is 7.29. The molecular weight excluding hydrogens is 308 g/mol. The number of halogens is 2. The first kappa shape index (κ1) is 18.9. The summed E-state index contributed by atoms with van der Waals surface area (Å²) in [6.07, 6.45) is -2.01. The van der Waals surface area contributed by atoms with Crippen LogP contribution in [0.3, 0.4) is 0 Å². The Labute approximate surface area is 133 Å². The Balaban J connectivity index is 3.03. The molecule has 1 amide bonds. The van der Waals surface area contributed by atoms with Crippen LogP contribution in [-0.2, 0) is 4.79 Å². The number of hydrogen-bond acceptors (Lipinski definition) is 3. The standard InChI is InChI=1S/C16H21F2NO4/c1-4-5-19(8-13(17)18)16(22)12-6-10(2)15(11(3)7-12)23-9-14(20)21/h6-7,13H,4-5,8-9H2,1-3H3,(H,20,21). The van der Waals surface area contributed by atoms with Crippen LogP contribution < -0.4 is 4.74 Å². The van der Waals surface area contributed by atoms with Gasteiger partial charge in [-0.1, -0.05) is 6.92 Å². The SMILES string of the molecule is CCCN(CC(F)F)C(=O)c1cc(C)c(OCC(=O)O)c(C)c1. The summed E-state index contributed by atoms with van der Waals surface area (Å²) in [4.78, 5) is 24.1. The Morgan fingerprint density at radius 3 is 2.26 bits per heavy atom. The van der Waals surface area contributed by atoms with Gasteiger partial charge in [0, 0.05) is 12.1 Å². The molecule has 128 valence electrons. The lowest BCUT2D eigenvalue weighted by molar-refractivity contribution is -0.139. The summed E-state index contributed by atoms with van der Waals surface area (Å²) in [6, 6.07) is 3.06. The van der Waals surface area contributed by atoms with Crippen LogP contribution >= 0.6 is 0 Å². The van der Waals surface area contributed by atoms with E-state index in [-0.39, 0.29) is 12.1 Å². The first-order valence-corrected chi connectivity index (χ1v) is 7.29. The Morgan fingerprint density at radius 2 is 1.83 bits per heavy atom. The molecule has 0 heterocycles. The number of aliphatic carboxylic acids is 1. The van der Waals surface area contributed by atoms with Crippen molar-refractivity contribution in [3.05, 3.63) is 28.8 Å². The number of rotatable bonds is 8. The number of carbonyl (C=O) groups excluding carboxylic acids is 1. The number of aryl methyl sites for hydroxylation is 2. The second-order valence-corrected chi connectivity index (χ2v) is 5.26. The number of carbonyl (C=O) groups is 2. The van der Waals surface area contributed by atoms with Gasteiger partial charge in [0.1, 0.15) is 5.75 Å². The van der Waals surface area contributed by atoms with Crippen molar-refractivity contribution in [2.75, 3.05) is 19.7 Å². The molecule has 0 aromatic heterocycles. The molecule has 1 aromatic carbocycles. The zero-order chi connectivity index (χ0) is 17.6. The van der Waals surface area contributed by atoms with Crippen LogP contribution in [0.25, 0.3) is 0 Å². The molecule has 1 aromatic rings. The molecule has 0 saturated carbocycles. The van der Waals surface area contributed by atoms with Crippen molar-refractivity contribution >= 4 is 11.9 Å². The molecule has 1 N–H and O–H groups in total. The number of ether oxygens (including phenoxy) is 1. The zero-order valence-corrected chi connectivity index (χ0v) is 13.4. The van der Waals surface area contributed by atoms with E-state index in [1.165, 1.54) is 12.1 Å². The van der Waals surface area contributed by atoms with E-state index in [9.17, 15) is 18.4 Å². The van der Waals surface area contributed by atoms with Gasteiger partial charge in [0.15, 0.2) is 6.61 Å². The molecule has 0 unspecified atom stereocenters. The van der Waals surface area contributed by atoms with Crippen LogP contribution in [0.15, 0.2) is 12.1 Å². The van der Waals surface area contributed by atoms with Gasteiger partial charge in [-0.25, -0.2) is 13.6 Å². The van der Waals surface area contributed by atoms with Crippen LogP contribution in [-0.4, -0.2) is 48.0 Å². The number of carboxylic acids is 1. The fourth-order valence-corrected chi connectivity index (χ4v) is 2.33. The minimum absolute atomic E-state index is 0.249. The number of hydrogen-bond donors (Lipinski definition) is 1. The Morgan fingerprint density at radius 1 is 1.26 bits per heavy atom. The molecule has 0 aliphatic heterocycles. The molecular formula is C16H21F2NO4. The lowest BCUT2D eigenvalue weighted by Crippen LogP contribution is -2.35. The van der Waals surface area contributed by atoms with Gasteiger partial charge in [-0.2, -0.15) is 0 Å². The van der Waals surface area contributed by atoms with Crippen LogP contribution in [0.2, 0.25) is 0 Å². The normalized spacial score (nSPS) is 10.7. The van der Waals surface area contributed by atoms with Crippen molar-refractivity contribution in [2.45, 2.75) is 33.6 Å². The highest BCUT2D eigenvalue weighted by atomic mass is 19.3. The van der Waals surface area contributed by atoms with Crippen molar-refractivity contribution in [2.24, 2.45) is 0 Å². The maximum atomic E-state index is 12.6. The van der Waals surface area contributed by atoms with Crippen molar-refractivity contribution < 1.29 is 28.2 Å². The zero-order valence-electron chi connectivity index (χ0n) is 13.4. The summed E-state index contributed by atoms with van der Waals surface area (Å²) < 4.78 is 30.4. The lowest BCUT2D eigenvalue weighted by Gasteiger charge is -2.22. The third-order valence-corrected chi connectivity index (χ3v) is 3.19. The summed E-state index contributed by atoms with van der Waals surface area (Å²) in [5, 5.41) is 8.66. The molecule has 5 nitrogen and oxygen atoms in total. The average Bonchev–Trinajstić information content (AvgIpc) is 2.44. The highest BCUT2D eigenvalue weighted by molar-refractivity contribution is 5.95. The second-order valence-electron chi connectivity index (χ2n) is 5.26. The third kappa shape index (κ3) is 5.50. The predicted molar refractivity (Wildman–Crippen MR) is 81.2 cm³/mol. The summed E-state index contributed by atoms with van der Waals surface area (Å²) in [7, 11) is 0. The first-order chi connectivity index (χ1) is 10.8. The molecule has 0 bridgehead atoms. The number of amides is 1. The van der Waals surface area contributed by atoms with Gasteiger partial charge >= 0.3 is 5.97 Å². The fourth-order valence-electron chi connectivity index (χ4n) is 2.33. The lowest BCUT2D eigenvalue weighted by atomic mass is 10.0. The van der Waals surface area contributed by atoms with E-state index in [0.29, 0.717) is 23.3 Å². The van der Waals surface area contributed by atoms with E-state index >= 15 is 0 Å². The van der Waals surface area contributed by atoms with Crippen LogP contribution in [0, 0.1) is 13.8 Å². The van der Waals surface area contributed by atoms with Gasteiger partial charge in [0.25, 0.3) is 12.3 Å². The third-order valence-electron chi connectivity index (χ3n) is 3.19.